The standard InChI is InChI=1S/C59H72N6O7/c1-35(2)51(60)53(69)62-36(3)52(68)64-40-23-19-38-21-25-49-57(5,47(38)31-40)27-13-29-59(49,7)65(34-66)54(70)58(6)28-12-26-56(4)46-30-39(22-18-37(46)20-24-48(56)58)63-50(67)32-61-55(71)72-33-45-43-16-10-8-14-41(43)42-15-9-11-17-44(42)45/h8-11,14-19,22-23,30-31,34-36,45,48-49,51H,12-13,20-21,24-29,32-33,60H2,1-7H3,(H,61,71)(H,62,69)(H,63,67)(H,64,68)/t36-,48+,49+,51-,56+,57+,58-,59-/m0/s1. The van der Waals surface area contributed by atoms with Gasteiger partial charge in [0, 0.05) is 17.3 Å². The number of alkyl carbamates (subject to hydrolysis) is 1. The summed E-state index contributed by atoms with van der Waals surface area (Å²) in [6, 6.07) is 26.8. The second-order valence-corrected chi connectivity index (χ2v) is 22.7. The van der Waals surface area contributed by atoms with Crippen molar-refractivity contribution in [3.05, 3.63) is 118 Å². The van der Waals surface area contributed by atoms with Crippen molar-refractivity contribution in [1.29, 1.82) is 0 Å². The highest BCUT2D eigenvalue weighted by molar-refractivity contribution is 5.98. The topological polar surface area (TPSA) is 189 Å². The summed E-state index contributed by atoms with van der Waals surface area (Å²) < 4.78 is 5.67. The molecule has 4 aromatic carbocycles. The molecular formula is C59H72N6O7. The van der Waals surface area contributed by atoms with Crippen LogP contribution in [0.25, 0.3) is 11.1 Å². The average Bonchev–Trinajstić information content (AvgIpc) is 3.68. The Morgan fingerprint density at radius 2 is 1.28 bits per heavy atom. The molecule has 2 fully saturated rings. The molecule has 13 heteroatoms. The number of hydrogen-bond acceptors (Lipinski definition) is 8. The molecule has 0 unspecified atom stereocenters. The van der Waals surface area contributed by atoms with Crippen LogP contribution in [0.5, 0.6) is 0 Å². The quantitative estimate of drug-likeness (QED) is 0.0821. The van der Waals surface area contributed by atoms with Crippen LogP contribution in [0.4, 0.5) is 16.2 Å². The molecule has 72 heavy (non-hydrogen) atoms. The van der Waals surface area contributed by atoms with Gasteiger partial charge in [0.1, 0.15) is 19.2 Å². The molecule has 2 saturated carbocycles. The van der Waals surface area contributed by atoms with Crippen LogP contribution >= 0.6 is 0 Å². The largest absolute Gasteiger partial charge is 0.449 e. The van der Waals surface area contributed by atoms with E-state index >= 15 is 4.79 Å². The fourth-order valence-electron chi connectivity index (χ4n) is 14.2. The smallest absolute Gasteiger partial charge is 0.407 e. The highest BCUT2D eigenvalue weighted by Gasteiger charge is 2.61. The van der Waals surface area contributed by atoms with Gasteiger partial charge in [-0.3, -0.25) is 28.9 Å². The highest BCUT2D eigenvalue weighted by atomic mass is 16.5. The van der Waals surface area contributed by atoms with Crippen molar-refractivity contribution in [2.45, 2.75) is 147 Å². The third-order valence-electron chi connectivity index (χ3n) is 18.1. The number of amides is 6. The lowest BCUT2D eigenvalue weighted by molar-refractivity contribution is -0.166. The van der Waals surface area contributed by atoms with E-state index in [2.05, 4.69) is 91.4 Å². The maximum Gasteiger partial charge on any atom is 0.407 e. The molecule has 5 aliphatic carbocycles. The number of ether oxygens (including phenoxy) is 1. The molecular weight excluding hydrogens is 905 g/mol. The van der Waals surface area contributed by atoms with E-state index in [1.807, 2.05) is 56.3 Å². The number of anilines is 2. The zero-order valence-corrected chi connectivity index (χ0v) is 43.0. The first-order chi connectivity index (χ1) is 34.3. The Bertz CT molecular complexity index is 2770. The minimum atomic E-state index is -0.829. The summed E-state index contributed by atoms with van der Waals surface area (Å²) >= 11 is 0. The lowest BCUT2D eigenvalue weighted by Crippen LogP contribution is -2.66. The lowest BCUT2D eigenvalue weighted by atomic mass is 9.48. The lowest BCUT2D eigenvalue weighted by Gasteiger charge is -2.60. The van der Waals surface area contributed by atoms with Gasteiger partial charge in [-0.2, -0.15) is 0 Å². The molecule has 0 saturated heterocycles. The predicted molar refractivity (Wildman–Crippen MR) is 279 cm³/mol. The first-order valence-electron chi connectivity index (χ1n) is 26.1. The Balaban J connectivity index is 0.871. The Labute approximate surface area is 424 Å². The number of benzene rings is 4. The van der Waals surface area contributed by atoms with Gasteiger partial charge in [-0.15, -0.1) is 0 Å². The van der Waals surface area contributed by atoms with Crippen LogP contribution in [-0.4, -0.2) is 71.8 Å². The summed E-state index contributed by atoms with van der Waals surface area (Å²) in [5.74, 6) is -1.48. The van der Waals surface area contributed by atoms with Gasteiger partial charge in [-0.25, -0.2) is 4.79 Å². The Hall–Kier alpha value is -6.34. The molecule has 9 rings (SSSR count). The zero-order chi connectivity index (χ0) is 51.3. The first-order valence-corrected chi connectivity index (χ1v) is 26.1. The van der Waals surface area contributed by atoms with Crippen molar-refractivity contribution in [3.63, 3.8) is 0 Å². The van der Waals surface area contributed by atoms with E-state index in [0.29, 0.717) is 24.2 Å². The van der Waals surface area contributed by atoms with Gasteiger partial charge in [-0.1, -0.05) is 108 Å². The van der Waals surface area contributed by atoms with Gasteiger partial charge in [-0.05, 0) is 163 Å². The molecule has 0 radical (unpaired) electrons. The van der Waals surface area contributed by atoms with Gasteiger partial charge in [0.05, 0.1) is 17.0 Å². The van der Waals surface area contributed by atoms with Crippen LogP contribution in [0.3, 0.4) is 0 Å². The summed E-state index contributed by atoms with van der Waals surface area (Å²) in [5.41, 5.74) is 14.0. The number of hydrogen-bond donors (Lipinski definition) is 5. The number of nitrogens with one attached hydrogen (secondary N) is 4. The van der Waals surface area contributed by atoms with Crippen molar-refractivity contribution in [1.82, 2.24) is 15.5 Å². The third-order valence-corrected chi connectivity index (χ3v) is 18.1. The molecule has 6 N–H and O–H groups in total. The maximum absolute atomic E-state index is 15.6. The van der Waals surface area contributed by atoms with Crippen molar-refractivity contribution in [2.75, 3.05) is 23.8 Å². The van der Waals surface area contributed by atoms with E-state index in [1.54, 1.807) is 11.8 Å². The predicted octanol–water partition coefficient (Wildman–Crippen LogP) is 9.05. The molecule has 13 nitrogen and oxygen atoms in total. The molecule has 0 bridgehead atoms. The summed E-state index contributed by atoms with van der Waals surface area (Å²) in [6.45, 7) is 13.9. The van der Waals surface area contributed by atoms with Crippen LogP contribution in [0.15, 0.2) is 84.9 Å². The molecule has 0 aromatic heterocycles. The van der Waals surface area contributed by atoms with Crippen LogP contribution in [0, 0.1) is 23.2 Å². The van der Waals surface area contributed by atoms with Crippen molar-refractivity contribution in [3.8, 4) is 11.1 Å². The minimum Gasteiger partial charge on any atom is -0.449 e. The van der Waals surface area contributed by atoms with Gasteiger partial charge < -0.3 is 31.7 Å². The fraction of sp³-hybridized carbons (Fsp3) is 0.492. The SMILES string of the molecule is CC(C)[C@H](N)C(=O)N[C@@H](C)C(=O)Nc1ccc2c(c1)[C@@]1(C)CCC[C@](C)(N(C=O)C(=O)[C@@]3(C)CCC[C@]4(C)c5cc(NC(=O)CNC(=O)OCC6c7ccccc7-c7ccccc76)ccc5CC[C@@H]34)[C@@H]1CC2. The summed E-state index contributed by atoms with van der Waals surface area (Å²) in [5, 5.41) is 11.4. The van der Waals surface area contributed by atoms with Crippen LogP contribution in [-0.2, 0) is 52.4 Å². The molecule has 4 aromatic rings. The zero-order valence-electron chi connectivity index (χ0n) is 43.0. The second-order valence-electron chi connectivity index (χ2n) is 22.7. The Morgan fingerprint density at radius 1 is 0.722 bits per heavy atom. The number of aryl methyl sites for hydroxylation is 2. The number of carbonyl (C=O) groups excluding carboxylic acids is 6. The Kier molecular flexibility index (Phi) is 13.8. The van der Waals surface area contributed by atoms with E-state index in [4.69, 9.17) is 10.5 Å². The molecule has 380 valence electrons. The monoisotopic (exact) mass is 977 g/mol. The van der Waals surface area contributed by atoms with Gasteiger partial charge in [0.25, 0.3) is 0 Å². The average molecular weight is 977 g/mol. The van der Waals surface area contributed by atoms with Crippen molar-refractivity contribution >= 4 is 47.5 Å². The number of imide groups is 1. The molecule has 0 aliphatic heterocycles. The van der Waals surface area contributed by atoms with E-state index in [0.717, 1.165) is 91.2 Å². The van der Waals surface area contributed by atoms with Crippen LogP contribution < -0.4 is 27.0 Å². The number of carbonyl (C=O) groups is 6. The van der Waals surface area contributed by atoms with Crippen molar-refractivity contribution < 1.29 is 33.5 Å². The number of nitrogens with two attached hydrogens (primary N) is 1. The Morgan fingerprint density at radius 3 is 1.88 bits per heavy atom. The molecule has 0 heterocycles. The number of rotatable bonds is 13. The molecule has 8 atom stereocenters. The molecule has 5 aliphatic rings. The summed E-state index contributed by atoms with van der Waals surface area (Å²) in [7, 11) is 0. The van der Waals surface area contributed by atoms with Gasteiger partial charge in [0.15, 0.2) is 0 Å². The number of fused-ring (bicyclic) bond motifs is 9. The second kappa shape index (κ2) is 19.6. The molecule has 6 amide bonds. The van der Waals surface area contributed by atoms with E-state index in [-0.39, 0.29) is 65.9 Å². The van der Waals surface area contributed by atoms with E-state index in [9.17, 15) is 24.0 Å². The maximum atomic E-state index is 15.6. The minimum absolute atomic E-state index is 0.0300. The highest BCUT2D eigenvalue weighted by Crippen LogP contribution is 2.61. The van der Waals surface area contributed by atoms with Gasteiger partial charge >= 0.3 is 6.09 Å². The van der Waals surface area contributed by atoms with Crippen LogP contribution in [0.2, 0.25) is 0 Å². The summed E-state index contributed by atoms with van der Waals surface area (Å²) in [6.07, 6.45) is 7.99. The molecule has 0 spiro atoms. The van der Waals surface area contributed by atoms with E-state index in [1.165, 1.54) is 11.1 Å². The normalized spacial score (nSPS) is 26.7. The summed E-state index contributed by atoms with van der Waals surface area (Å²) in [4.78, 5) is 83.1. The van der Waals surface area contributed by atoms with E-state index < -0.39 is 34.5 Å². The number of nitrogens with zero attached hydrogens (tertiary/aromatic N) is 1. The fourth-order valence-corrected chi connectivity index (χ4v) is 14.2. The van der Waals surface area contributed by atoms with Crippen molar-refractivity contribution in [2.24, 2.45) is 28.9 Å². The third kappa shape index (κ3) is 8.89. The van der Waals surface area contributed by atoms with Crippen LogP contribution in [0.1, 0.15) is 139 Å². The first kappa shape index (κ1) is 50.6. The van der Waals surface area contributed by atoms with Gasteiger partial charge in [0.2, 0.25) is 30.0 Å².